The minimum Gasteiger partial charge on any atom is -0.454 e. The van der Waals surface area contributed by atoms with Crippen LogP contribution in [0.1, 0.15) is 25.0 Å². The number of aliphatic imine (C=N–C) groups is 1. The zero-order valence-electron chi connectivity index (χ0n) is 19.5. The number of pyridine rings is 1. The number of ether oxygens (including phenoxy) is 2. The third kappa shape index (κ3) is 7.10. The van der Waals surface area contributed by atoms with Gasteiger partial charge in [0.2, 0.25) is 6.79 Å². The first-order valence-electron chi connectivity index (χ1n) is 11.6. The molecular weight excluding hydrogens is 531 g/mol. The zero-order valence-corrected chi connectivity index (χ0v) is 21.9. The molecule has 180 valence electrons. The molecule has 0 saturated carbocycles. The number of nitrogens with zero attached hydrogens (tertiary/aromatic N) is 4. The van der Waals surface area contributed by atoms with Crippen molar-refractivity contribution in [3.05, 3.63) is 47.7 Å². The monoisotopic (exact) mass is 566 g/mol. The molecule has 0 spiro atoms. The van der Waals surface area contributed by atoms with Gasteiger partial charge in [0.25, 0.3) is 0 Å². The molecule has 8 nitrogen and oxygen atoms in total. The number of halogens is 1. The topological polar surface area (TPSA) is 74.3 Å². The van der Waals surface area contributed by atoms with Gasteiger partial charge in [-0.3, -0.25) is 0 Å². The smallest absolute Gasteiger partial charge is 0.231 e. The van der Waals surface area contributed by atoms with Crippen LogP contribution in [0.2, 0.25) is 0 Å². The Morgan fingerprint density at radius 3 is 2.61 bits per heavy atom. The summed E-state index contributed by atoms with van der Waals surface area (Å²) in [7, 11) is 0. The Morgan fingerprint density at radius 2 is 1.82 bits per heavy atom. The molecular formula is C24H35IN6O2. The first-order chi connectivity index (χ1) is 15.7. The predicted molar refractivity (Wildman–Crippen MR) is 143 cm³/mol. The van der Waals surface area contributed by atoms with Gasteiger partial charge in [0.1, 0.15) is 5.82 Å². The van der Waals surface area contributed by atoms with Gasteiger partial charge in [-0.2, -0.15) is 0 Å². The van der Waals surface area contributed by atoms with E-state index in [-0.39, 0.29) is 24.0 Å². The summed E-state index contributed by atoms with van der Waals surface area (Å²) in [6.07, 6.45) is 2.77. The van der Waals surface area contributed by atoms with Crippen molar-refractivity contribution in [2.45, 2.75) is 26.8 Å². The Labute approximate surface area is 213 Å². The second kappa shape index (κ2) is 12.8. The van der Waals surface area contributed by atoms with Crippen LogP contribution in [0.5, 0.6) is 11.5 Å². The van der Waals surface area contributed by atoms with E-state index in [1.807, 2.05) is 24.4 Å². The summed E-state index contributed by atoms with van der Waals surface area (Å²) in [5.41, 5.74) is 2.38. The highest BCUT2D eigenvalue weighted by Gasteiger charge is 2.17. The van der Waals surface area contributed by atoms with E-state index in [0.29, 0.717) is 13.3 Å². The summed E-state index contributed by atoms with van der Waals surface area (Å²) in [5.74, 6) is 3.52. The second-order valence-corrected chi connectivity index (χ2v) is 8.00. The van der Waals surface area contributed by atoms with Gasteiger partial charge in [-0.1, -0.05) is 13.0 Å². The highest BCUT2D eigenvalue weighted by molar-refractivity contribution is 14.0. The molecule has 2 N–H and O–H groups in total. The number of anilines is 1. The number of piperazine rings is 1. The molecule has 1 aromatic heterocycles. The first-order valence-corrected chi connectivity index (χ1v) is 11.6. The quantitative estimate of drug-likeness (QED) is 0.289. The molecule has 2 aliphatic rings. The number of benzene rings is 1. The van der Waals surface area contributed by atoms with E-state index in [9.17, 15) is 0 Å². The lowest BCUT2D eigenvalue weighted by Crippen LogP contribution is -2.46. The number of aromatic nitrogens is 1. The van der Waals surface area contributed by atoms with Crippen LogP contribution in [-0.4, -0.2) is 68.4 Å². The van der Waals surface area contributed by atoms with E-state index in [2.05, 4.69) is 51.4 Å². The summed E-state index contributed by atoms with van der Waals surface area (Å²) in [5, 5.41) is 6.76. The van der Waals surface area contributed by atoms with Crippen LogP contribution in [0, 0.1) is 0 Å². The lowest BCUT2D eigenvalue weighted by molar-refractivity contribution is 0.174. The number of guanidine groups is 1. The summed E-state index contributed by atoms with van der Waals surface area (Å²) >= 11 is 0. The average Bonchev–Trinajstić information content (AvgIpc) is 3.31. The van der Waals surface area contributed by atoms with Gasteiger partial charge in [0.15, 0.2) is 17.5 Å². The zero-order chi connectivity index (χ0) is 22.2. The number of nitrogens with one attached hydrogen (secondary N) is 2. The van der Waals surface area contributed by atoms with E-state index in [1.54, 1.807) is 0 Å². The first kappa shape index (κ1) is 25.4. The van der Waals surface area contributed by atoms with Crippen LogP contribution in [0.25, 0.3) is 0 Å². The second-order valence-electron chi connectivity index (χ2n) is 8.00. The Kier molecular flexibility index (Phi) is 9.86. The normalized spacial score (nSPS) is 15.8. The van der Waals surface area contributed by atoms with Crippen LogP contribution < -0.4 is 25.0 Å². The average molecular weight is 566 g/mol. The molecule has 0 amide bonds. The third-order valence-corrected chi connectivity index (χ3v) is 5.86. The van der Waals surface area contributed by atoms with E-state index >= 15 is 0 Å². The Bertz CT molecular complexity index is 918. The predicted octanol–water partition coefficient (Wildman–Crippen LogP) is 2.87. The summed E-state index contributed by atoms with van der Waals surface area (Å²) in [6.45, 7) is 12.2. The van der Waals surface area contributed by atoms with Gasteiger partial charge in [0.05, 0.1) is 6.54 Å². The van der Waals surface area contributed by atoms with Crippen LogP contribution in [0.4, 0.5) is 5.82 Å². The molecule has 9 heteroatoms. The van der Waals surface area contributed by atoms with Gasteiger partial charge < -0.3 is 29.9 Å². The minimum absolute atomic E-state index is 0. The number of hydrogen-bond acceptors (Lipinski definition) is 6. The molecule has 0 atom stereocenters. The molecule has 0 radical (unpaired) electrons. The molecule has 2 aromatic rings. The number of fused-ring (bicyclic) bond motifs is 1. The lowest BCUT2D eigenvalue weighted by Gasteiger charge is -2.34. The molecule has 33 heavy (non-hydrogen) atoms. The maximum absolute atomic E-state index is 5.47. The molecule has 1 aromatic carbocycles. The summed E-state index contributed by atoms with van der Waals surface area (Å²) in [6, 6.07) is 10.3. The van der Waals surface area contributed by atoms with Gasteiger partial charge in [-0.25, -0.2) is 9.98 Å². The number of hydrogen-bond donors (Lipinski definition) is 2. The van der Waals surface area contributed by atoms with Crippen LogP contribution in [0.15, 0.2) is 41.5 Å². The minimum atomic E-state index is 0. The molecule has 2 aliphatic heterocycles. The van der Waals surface area contributed by atoms with Crippen molar-refractivity contribution in [1.82, 2.24) is 20.5 Å². The molecule has 4 rings (SSSR count). The van der Waals surface area contributed by atoms with Crippen LogP contribution >= 0.6 is 24.0 Å². The summed E-state index contributed by atoms with van der Waals surface area (Å²) < 4.78 is 10.8. The van der Waals surface area contributed by atoms with E-state index in [4.69, 9.17) is 14.5 Å². The fourth-order valence-electron chi connectivity index (χ4n) is 3.96. The number of rotatable bonds is 8. The molecule has 0 bridgehead atoms. The highest BCUT2D eigenvalue weighted by Crippen LogP contribution is 2.32. The fraction of sp³-hybridized carbons (Fsp3) is 0.500. The fourth-order valence-corrected chi connectivity index (χ4v) is 3.96. The van der Waals surface area contributed by atoms with Crippen molar-refractivity contribution in [1.29, 1.82) is 0 Å². The maximum Gasteiger partial charge on any atom is 0.231 e. The lowest BCUT2D eigenvalue weighted by atomic mass is 10.1. The van der Waals surface area contributed by atoms with Gasteiger partial charge in [0, 0.05) is 45.5 Å². The van der Waals surface area contributed by atoms with Gasteiger partial charge in [-0.15, -0.1) is 24.0 Å². The largest absolute Gasteiger partial charge is 0.454 e. The summed E-state index contributed by atoms with van der Waals surface area (Å²) in [4.78, 5) is 14.2. The third-order valence-electron chi connectivity index (χ3n) is 5.86. The standard InChI is InChI=1S/C24H34N6O2.HI/c1-3-25-24(27-10-7-19-5-6-21-22(15-19)32-18-31-21)28-17-20-8-9-26-23(16-20)30-13-11-29(4-2)12-14-30;/h5-6,8-9,15-16H,3-4,7,10-14,17-18H2,1-2H3,(H2,25,27,28);1H. The number of likely N-dealkylation sites (N-methyl/N-ethyl adjacent to an activating group) is 1. The molecule has 0 unspecified atom stereocenters. The van der Waals surface area contributed by atoms with Crippen molar-refractivity contribution < 1.29 is 9.47 Å². The van der Waals surface area contributed by atoms with E-state index < -0.39 is 0 Å². The highest BCUT2D eigenvalue weighted by atomic mass is 127. The van der Waals surface area contributed by atoms with Gasteiger partial charge >= 0.3 is 0 Å². The Balaban J connectivity index is 0.00000306. The van der Waals surface area contributed by atoms with Crippen molar-refractivity contribution in [3.63, 3.8) is 0 Å². The Hall–Kier alpha value is -2.27. The Morgan fingerprint density at radius 1 is 1.00 bits per heavy atom. The van der Waals surface area contributed by atoms with Crippen LogP contribution in [-0.2, 0) is 13.0 Å². The molecule has 3 heterocycles. The molecule has 0 aliphatic carbocycles. The van der Waals surface area contributed by atoms with Crippen molar-refractivity contribution in [2.75, 3.05) is 57.5 Å². The van der Waals surface area contributed by atoms with E-state index in [1.165, 1.54) is 11.1 Å². The van der Waals surface area contributed by atoms with Crippen molar-refractivity contribution in [2.24, 2.45) is 4.99 Å². The van der Waals surface area contributed by atoms with E-state index in [0.717, 1.165) is 75.5 Å². The van der Waals surface area contributed by atoms with Crippen molar-refractivity contribution >= 4 is 35.8 Å². The maximum atomic E-state index is 5.47. The van der Waals surface area contributed by atoms with Crippen molar-refractivity contribution in [3.8, 4) is 11.5 Å². The molecule has 1 saturated heterocycles. The SMILES string of the molecule is CCNC(=NCc1ccnc(N2CCN(CC)CC2)c1)NCCc1ccc2c(c1)OCO2.I. The van der Waals surface area contributed by atoms with Crippen LogP contribution in [0.3, 0.4) is 0 Å². The van der Waals surface area contributed by atoms with Gasteiger partial charge in [-0.05, 0) is 55.3 Å². The molecule has 1 fully saturated rings.